The Hall–Kier alpha value is -3.49. The molecule has 1 fully saturated rings. The second kappa shape index (κ2) is 8.46. The van der Waals surface area contributed by atoms with Gasteiger partial charge in [-0.2, -0.15) is 0 Å². The summed E-state index contributed by atoms with van der Waals surface area (Å²) in [5.74, 6) is -1.06. The molecule has 0 saturated carbocycles. The molecule has 0 radical (unpaired) electrons. The number of thiazole rings is 1. The molecule has 0 bridgehead atoms. The smallest absolute Gasteiger partial charge is 0.301 e. The molecular formula is C25H17BrN2O4S. The number of aliphatic hydroxyl groups excluding tert-OH is 1. The molecule has 2 heterocycles. The zero-order chi connectivity index (χ0) is 23.1. The summed E-state index contributed by atoms with van der Waals surface area (Å²) in [6, 6.07) is 20.6. The van der Waals surface area contributed by atoms with Gasteiger partial charge in [-0.25, -0.2) is 4.98 Å². The summed E-state index contributed by atoms with van der Waals surface area (Å²) >= 11 is 4.77. The number of nitrogens with zero attached hydrogens (tertiary/aromatic N) is 2. The molecule has 1 N–H and O–H groups in total. The fourth-order valence-corrected chi connectivity index (χ4v) is 5.42. The summed E-state index contributed by atoms with van der Waals surface area (Å²) in [5.41, 5.74) is 1.86. The Morgan fingerprint density at radius 3 is 2.48 bits per heavy atom. The molecule has 0 spiro atoms. The van der Waals surface area contributed by atoms with E-state index < -0.39 is 17.7 Å². The van der Waals surface area contributed by atoms with Gasteiger partial charge in [-0.3, -0.25) is 14.5 Å². The van der Waals surface area contributed by atoms with Crippen LogP contribution in [0.4, 0.5) is 5.13 Å². The van der Waals surface area contributed by atoms with Gasteiger partial charge in [0.25, 0.3) is 5.78 Å². The number of methoxy groups -OCH3 is 1. The lowest BCUT2D eigenvalue weighted by Crippen LogP contribution is -2.29. The molecule has 0 aliphatic carbocycles. The number of Topliss-reactive ketones (excluding diaryl/α,β-unsaturated/α-hetero) is 1. The highest BCUT2D eigenvalue weighted by atomic mass is 79.9. The number of halogens is 1. The van der Waals surface area contributed by atoms with E-state index in [2.05, 4.69) is 20.9 Å². The normalized spacial score (nSPS) is 17.6. The Morgan fingerprint density at radius 2 is 1.79 bits per heavy atom. The maximum absolute atomic E-state index is 13.3. The zero-order valence-corrected chi connectivity index (χ0v) is 19.8. The number of hydrogen-bond donors (Lipinski definition) is 1. The molecule has 1 aromatic heterocycles. The van der Waals surface area contributed by atoms with Gasteiger partial charge in [0.1, 0.15) is 11.5 Å². The van der Waals surface area contributed by atoms with E-state index in [9.17, 15) is 14.7 Å². The number of fused-ring (bicyclic) bond motifs is 1. The standard InChI is InChI=1S/C25H17BrN2O4S/c1-32-17-10-7-14(8-11-17)21-20(22(29)15-5-3-2-4-6-15)23(30)24(31)28(21)25-27-18-12-9-16(26)13-19(18)33-25/h2-13,21,29H,1H3/b22-20+/t21-/m0/s1. The third-order valence-corrected chi connectivity index (χ3v) is 6.98. The van der Waals surface area contributed by atoms with E-state index in [-0.39, 0.29) is 11.3 Å². The number of aromatic nitrogens is 1. The lowest BCUT2D eigenvalue weighted by atomic mass is 9.95. The number of amides is 1. The highest BCUT2D eigenvalue weighted by Crippen LogP contribution is 2.44. The van der Waals surface area contributed by atoms with E-state index in [4.69, 9.17) is 4.74 Å². The van der Waals surface area contributed by atoms with Crippen molar-refractivity contribution >= 4 is 60.1 Å². The maximum atomic E-state index is 13.3. The predicted molar refractivity (Wildman–Crippen MR) is 132 cm³/mol. The predicted octanol–water partition coefficient (Wildman–Crippen LogP) is 5.69. The van der Waals surface area contributed by atoms with Crippen molar-refractivity contribution in [3.8, 4) is 5.75 Å². The molecule has 1 aliphatic rings. The molecule has 0 unspecified atom stereocenters. The number of carbonyl (C=O) groups excluding carboxylic acids is 2. The van der Waals surface area contributed by atoms with Crippen LogP contribution in [0.15, 0.2) is 82.8 Å². The monoisotopic (exact) mass is 520 g/mol. The van der Waals surface area contributed by atoms with E-state index in [1.54, 1.807) is 55.6 Å². The minimum atomic E-state index is -0.833. The minimum absolute atomic E-state index is 0.0248. The average molecular weight is 521 g/mol. The molecule has 3 aromatic carbocycles. The molecule has 6 nitrogen and oxygen atoms in total. The number of ketones is 1. The molecule has 1 amide bonds. The number of anilines is 1. The van der Waals surface area contributed by atoms with Crippen LogP contribution in [0.5, 0.6) is 5.75 Å². The van der Waals surface area contributed by atoms with Crippen LogP contribution < -0.4 is 9.64 Å². The maximum Gasteiger partial charge on any atom is 0.301 e. The van der Waals surface area contributed by atoms with Crippen molar-refractivity contribution in [2.45, 2.75) is 6.04 Å². The Kier molecular flexibility index (Phi) is 5.47. The number of rotatable bonds is 4. The first-order chi connectivity index (χ1) is 16.0. The summed E-state index contributed by atoms with van der Waals surface area (Å²) in [7, 11) is 1.57. The van der Waals surface area contributed by atoms with Gasteiger partial charge in [0.15, 0.2) is 5.13 Å². The van der Waals surface area contributed by atoms with Crippen LogP contribution in [0.25, 0.3) is 16.0 Å². The summed E-state index contributed by atoms with van der Waals surface area (Å²) in [4.78, 5) is 32.5. The van der Waals surface area contributed by atoms with Crippen LogP contribution in [0.1, 0.15) is 17.2 Å². The average Bonchev–Trinajstić information content (AvgIpc) is 3.37. The van der Waals surface area contributed by atoms with Crippen LogP contribution in [0, 0.1) is 0 Å². The third-order valence-electron chi connectivity index (χ3n) is 5.47. The van der Waals surface area contributed by atoms with Crippen molar-refractivity contribution in [1.82, 2.24) is 4.98 Å². The third kappa shape index (κ3) is 3.71. The number of ether oxygens (including phenoxy) is 1. The lowest BCUT2D eigenvalue weighted by Gasteiger charge is -2.23. The van der Waals surface area contributed by atoms with Gasteiger partial charge in [-0.15, -0.1) is 0 Å². The first kappa shape index (κ1) is 21.4. The number of hydrogen-bond acceptors (Lipinski definition) is 6. The Morgan fingerprint density at radius 1 is 1.06 bits per heavy atom. The highest BCUT2D eigenvalue weighted by Gasteiger charge is 2.48. The van der Waals surface area contributed by atoms with Gasteiger partial charge in [0.05, 0.1) is 28.9 Å². The van der Waals surface area contributed by atoms with Crippen LogP contribution >= 0.6 is 27.3 Å². The summed E-state index contributed by atoms with van der Waals surface area (Å²) in [5, 5.41) is 11.5. The van der Waals surface area contributed by atoms with Crippen molar-refractivity contribution in [2.75, 3.05) is 12.0 Å². The molecule has 1 atom stereocenters. The van der Waals surface area contributed by atoms with Gasteiger partial charge in [-0.05, 0) is 35.9 Å². The van der Waals surface area contributed by atoms with E-state index in [1.807, 2.05) is 24.3 Å². The van der Waals surface area contributed by atoms with Crippen molar-refractivity contribution in [2.24, 2.45) is 0 Å². The van der Waals surface area contributed by atoms with Crippen LogP contribution in [0.3, 0.4) is 0 Å². The molecule has 164 valence electrons. The number of benzene rings is 3. The van der Waals surface area contributed by atoms with Crippen LogP contribution in [-0.4, -0.2) is 28.9 Å². The summed E-state index contributed by atoms with van der Waals surface area (Å²) in [6.45, 7) is 0. The molecule has 33 heavy (non-hydrogen) atoms. The minimum Gasteiger partial charge on any atom is -0.507 e. The zero-order valence-electron chi connectivity index (χ0n) is 17.4. The Labute approximate surface area is 201 Å². The molecule has 8 heteroatoms. The van der Waals surface area contributed by atoms with Gasteiger partial charge >= 0.3 is 5.91 Å². The SMILES string of the molecule is COc1ccc([C@H]2/C(=C(\O)c3ccccc3)C(=O)C(=O)N2c2nc3ccc(Br)cc3s2)cc1. The highest BCUT2D eigenvalue weighted by molar-refractivity contribution is 9.10. The van der Waals surface area contributed by atoms with Crippen molar-refractivity contribution in [3.63, 3.8) is 0 Å². The number of aliphatic hydroxyl groups is 1. The topological polar surface area (TPSA) is 79.7 Å². The second-order valence-electron chi connectivity index (χ2n) is 7.42. The largest absolute Gasteiger partial charge is 0.507 e. The van der Waals surface area contributed by atoms with Crippen LogP contribution in [-0.2, 0) is 9.59 Å². The van der Waals surface area contributed by atoms with Gasteiger partial charge in [0.2, 0.25) is 0 Å². The van der Waals surface area contributed by atoms with Crippen LogP contribution in [0.2, 0.25) is 0 Å². The first-order valence-corrected chi connectivity index (χ1v) is 11.7. The van der Waals surface area contributed by atoms with Crippen molar-refractivity contribution in [1.29, 1.82) is 0 Å². The molecule has 5 rings (SSSR count). The van der Waals surface area contributed by atoms with E-state index in [0.717, 1.165) is 14.7 Å². The van der Waals surface area contributed by atoms with Gasteiger partial charge in [-0.1, -0.05) is 69.7 Å². The fourth-order valence-electron chi connectivity index (χ4n) is 3.87. The van der Waals surface area contributed by atoms with Crippen molar-refractivity contribution in [3.05, 3.63) is 94.0 Å². The van der Waals surface area contributed by atoms with E-state index >= 15 is 0 Å². The fraction of sp³-hybridized carbons (Fsp3) is 0.0800. The van der Waals surface area contributed by atoms with E-state index in [0.29, 0.717) is 22.0 Å². The first-order valence-electron chi connectivity index (χ1n) is 10.0. The van der Waals surface area contributed by atoms with Gasteiger partial charge < -0.3 is 9.84 Å². The lowest BCUT2D eigenvalue weighted by molar-refractivity contribution is -0.132. The summed E-state index contributed by atoms with van der Waals surface area (Å²) in [6.07, 6.45) is 0. The molecule has 4 aromatic rings. The van der Waals surface area contributed by atoms with Gasteiger partial charge in [0, 0.05) is 10.0 Å². The van der Waals surface area contributed by atoms with E-state index in [1.165, 1.54) is 16.2 Å². The molecule has 1 saturated heterocycles. The molecule has 1 aliphatic heterocycles. The summed E-state index contributed by atoms with van der Waals surface area (Å²) < 4.78 is 7.02. The Bertz CT molecular complexity index is 1410. The quantitative estimate of drug-likeness (QED) is 0.212. The van der Waals surface area contributed by atoms with Crippen molar-refractivity contribution < 1.29 is 19.4 Å². The Balaban J connectivity index is 1.72. The molecular weight excluding hydrogens is 504 g/mol. The number of carbonyl (C=O) groups is 2. The second-order valence-corrected chi connectivity index (χ2v) is 9.34.